The van der Waals surface area contributed by atoms with Gasteiger partial charge >= 0.3 is 0 Å². The van der Waals surface area contributed by atoms with Gasteiger partial charge in [0.05, 0.1) is 0 Å². The minimum absolute atomic E-state index is 0.0427. The van der Waals surface area contributed by atoms with Crippen molar-refractivity contribution in [3.63, 3.8) is 0 Å². The Morgan fingerprint density at radius 2 is 2.45 bits per heavy atom. The zero-order chi connectivity index (χ0) is 8.27. The summed E-state index contributed by atoms with van der Waals surface area (Å²) in [6.45, 7) is 2.98. The van der Waals surface area contributed by atoms with Crippen molar-refractivity contribution in [1.29, 1.82) is 0 Å². The summed E-state index contributed by atoms with van der Waals surface area (Å²) >= 11 is 0. The van der Waals surface area contributed by atoms with E-state index in [4.69, 9.17) is 0 Å². The van der Waals surface area contributed by atoms with Crippen molar-refractivity contribution in [3.8, 4) is 0 Å². The van der Waals surface area contributed by atoms with Gasteiger partial charge in [-0.15, -0.1) is 0 Å². The number of carbonyl (C=O) groups excluding carboxylic acids is 1. The quantitative estimate of drug-likeness (QED) is 0.581. The Labute approximate surface area is 65.3 Å². The van der Waals surface area contributed by atoms with Crippen LogP contribution < -0.4 is 10.6 Å². The minimum Gasteiger partial charge on any atom is -0.356 e. The molecule has 1 heterocycles. The summed E-state index contributed by atoms with van der Waals surface area (Å²) in [7, 11) is 0. The Bertz CT molecular complexity index is 151. The van der Waals surface area contributed by atoms with Crippen LogP contribution in [0, 0.1) is 5.92 Å². The summed E-state index contributed by atoms with van der Waals surface area (Å²) in [6, 6.07) is 0. The highest BCUT2D eigenvalue weighted by molar-refractivity contribution is 5.72. The lowest BCUT2D eigenvalue weighted by atomic mass is 10.1. The first kappa shape index (κ1) is 8.46. The van der Waals surface area contributed by atoms with E-state index in [1.54, 1.807) is 0 Å². The molecular weight excluding hydrogens is 147 g/mol. The number of amides is 1. The highest BCUT2D eigenvalue weighted by Crippen LogP contribution is 2.10. The van der Waals surface area contributed by atoms with E-state index in [-0.39, 0.29) is 11.8 Å². The summed E-state index contributed by atoms with van der Waals surface area (Å²) in [5.41, 5.74) is 0. The van der Waals surface area contributed by atoms with E-state index in [0.717, 1.165) is 0 Å². The predicted octanol–water partition coefficient (Wildman–Crippen LogP) is -0.320. The van der Waals surface area contributed by atoms with Crippen LogP contribution in [0.3, 0.4) is 0 Å². The molecule has 0 aromatic rings. The number of hydrogen-bond donors (Lipinski definition) is 2. The molecule has 4 heteroatoms. The van der Waals surface area contributed by atoms with Gasteiger partial charge in [-0.3, -0.25) is 4.79 Å². The van der Waals surface area contributed by atoms with Gasteiger partial charge in [0.25, 0.3) is 0 Å². The van der Waals surface area contributed by atoms with Crippen molar-refractivity contribution in [1.82, 2.24) is 10.6 Å². The summed E-state index contributed by atoms with van der Waals surface area (Å²) in [4.78, 5) is 10.5. The fourth-order valence-electron chi connectivity index (χ4n) is 1.18. The number of halogens is 1. The second-order valence-electron chi connectivity index (χ2n) is 2.87. The number of alkyl halides is 1. The second kappa shape index (κ2) is 3.67. The molecule has 1 rings (SSSR count). The number of carbonyl (C=O) groups is 1. The van der Waals surface area contributed by atoms with Crippen molar-refractivity contribution < 1.29 is 9.18 Å². The van der Waals surface area contributed by atoms with Crippen LogP contribution in [0.1, 0.15) is 6.92 Å². The monoisotopic (exact) mass is 160 g/mol. The highest BCUT2D eigenvalue weighted by atomic mass is 19.1. The van der Waals surface area contributed by atoms with Gasteiger partial charge in [-0.05, 0) is 0 Å². The molecule has 0 saturated carbocycles. The molecule has 0 radical (unpaired) electrons. The van der Waals surface area contributed by atoms with E-state index in [9.17, 15) is 9.18 Å². The summed E-state index contributed by atoms with van der Waals surface area (Å²) in [6.07, 6.45) is -0.804. The van der Waals surface area contributed by atoms with Crippen LogP contribution in [0.5, 0.6) is 0 Å². The van der Waals surface area contributed by atoms with E-state index >= 15 is 0 Å². The molecule has 0 aromatic carbocycles. The lowest BCUT2D eigenvalue weighted by molar-refractivity contribution is -0.119. The van der Waals surface area contributed by atoms with Gasteiger partial charge in [-0.2, -0.15) is 0 Å². The van der Waals surface area contributed by atoms with E-state index in [1.807, 2.05) is 0 Å². The fraction of sp³-hybridized carbons (Fsp3) is 0.857. The van der Waals surface area contributed by atoms with Crippen molar-refractivity contribution in [2.24, 2.45) is 5.92 Å². The number of hydrogen-bond acceptors (Lipinski definition) is 2. The molecule has 1 amide bonds. The summed E-state index contributed by atoms with van der Waals surface area (Å²) in [5, 5.41) is 5.52. The van der Waals surface area contributed by atoms with Gasteiger partial charge in [0.15, 0.2) is 0 Å². The van der Waals surface area contributed by atoms with Gasteiger partial charge in [-0.25, -0.2) is 4.39 Å². The summed E-state index contributed by atoms with van der Waals surface area (Å²) < 4.78 is 12.8. The van der Waals surface area contributed by atoms with Crippen LogP contribution in [-0.4, -0.2) is 31.7 Å². The molecule has 3 nitrogen and oxygen atoms in total. The maximum Gasteiger partial charge on any atom is 0.216 e. The average Bonchev–Trinajstić information content (AvgIpc) is 2.31. The van der Waals surface area contributed by atoms with E-state index in [1.165, 1.54) is 6.92 Å². The zero-order valence-electron chi connectivity index (χ0n) is 6.56. The molecule has 2 N–H and O–H groups in total. The Morgan fingerprint density at radius 3 is 2.91 bits per heavy atom. The van der Waals surface area contributed by atoms with Gasteiger partial charge in [0, 0.05) is 32.5 Å². The predicted molar refractivity (Wildman–Crippen MR) is 39.9 cm³/mol. The smallest absolute Gasteiger partial charge is 0.216 e. The standard InChI is InChI=1S/C7H13FN2O/c1-5(11)10-3-6-2-9-4-7(6)8/h6-7,9H,2-4H2,1H3,(H,10,11). The summed E-state index contributed by atoms with van der Waals surface area (Å²) in [5.74, 6) is -0.136. The topological polar surface area (TPSA) is 41.1 Å². The second-order valence-corrected chi connectivity index (χ2v) is 2.87. The van der Waals surface area contributed by atoms with E-state index < -0.39 is 6.17 Å². The Kier molecular flexibility index (Phi) is 2.82. The van der Waals surface area contributed by atoms with Gasteiger partial charge in [0.2, 0.25) is 5.91 Å². The first-order valence-electron chi connectivity index (χ1n) is 3.79. The van der Waals surface area contributed by atoms with Crippen molar-refractivity contribution in [2.45, 2.75) is 13.1 Å². The molecule has 1 fully saturated rings. The van der Waals surface area contributed by atoms with Crippen molar-refractivity contribution >= 4 is 5.91 Å². The average molecular weight is 160 g/mol. The van der Waals surface area contributed by atoms with Gasteiger partial charge < -0.3 is 10.6 Å². The van der Waals surface area contributed by atoms with Gasteiger partial charge in [-0.1, -0.05) is 0 Å². The Hall–Kier alpha value is -0.640. The maximum atomic E-state index is 12.8. The fourth-order valence-corrected chi connectivity index (χ4v) is 1.18. The molecule has 2 atom stereocenters. The first-order chi connectivity index (χ1) is 5.20. The molecule has 0 aliphatic carbocycles. The molecule has 2 unspecified atom stereocenters. The van der Waals surface area contributed by atoms with Gasteiger partial charge in [0.1, 0.15) is 6.17 Å². The molecule has 1 aliphatic heterocycles. The zero-order valence-corrected chi connectivity index (χ0v) is 6.56. The van der Waals surface area contributed by atoms with Crippen LogP contribution >= 0.6 is 0 Å². The third kappa shape index (κ3) is 2.46. The maximum absolute atomic E-state index is 12.8. The van der Waals surface area contributed by atoms with Crippen molar-refractivity contribution in [3.05, 3.63) is 0 Å². The lowest BCUT2D eigenvalue weighted by Crippen LogP contribution is -2.31. The third-order valence-corrected chi connectivity index (χ3v) is 1.87. The SMILES string of the molecule is CC(=O)NCC1CNCC1F. The molecule has 64 valence electrons. The largest absolute Gasteiger partial charge is 0.356 e. The van der Waals surface area contributed by atoms with Crippen LogP contribution in [0.4, 0.5) is 4.39 Å². The van der Waals surface area contributed by atoms with E-state index in [0.29, 0.717) is 19.6 Å². The Morgan fingerprint density at radius 1 is 1.73 bits per heavy atom. The molecule has 1 saturated heterocycles. The first-order valence-corrected chi connectivity index (χ1v) is 3.79. The Balaban J connectivity index is 2.20. The molecular formula is C7H13FN2O. The highest BCUT2D eigenvalue weighted by Gasteiger charge is 2.26. The van der Waals surface area contributed by atoms with Crippen LogP contribution in [0.2, 0.25) is 0 Å². The number of nitrogens with one attached hydrogen (secondary N) is 2. The van der Waals surface area contributed by atoms with E-state index in [2.05, 4.69) is 10.6 Å². The molecule has 0 aromatic heterocycles. The molecule has 1 aliphatic rings. The van der Waals surface area contributed by atoms with Crippen LogP contribution in [-0.2, 0) is 4.79 Å². The number of rotatable bonds is 2. The normalized spacial score (nSPS) is 30.4. The minimum atomic E-state index is -0.804. The lowest BCUT2D eigenvalue weighted by Gasteiger charge is -2.10. The van der Waals surface area contributed by atoms with Crippen LogP contribution in [0.15, 0.2) is 0 Å². The molecule has 0 bridgehead atoms. The molecule has 0 spiro atoms. The van der Waals surface area contributed by atoms with Crippen molar-refractivity contribution in [2.75, 3.05) is 19.6 Å². The van der Waals surface area contributed by atoms with Crippen LogP contribution in [0.25, 0.3) is 0 Å². The molecule has 11 heavy (non-hydrogen) atoms. The third-order valence-electron chi connectivity index (χ3n) is 1.87.